The first kappa shape index (κ1) is 23.0. The number of hydrogen-bond acceptors (Lipinski definition) is 5. The van der Waals surface area contributed by atoms with Crippen molar-refractivity contribution in [1.82, 2.24) is 5.32 Å². The van der Waals surface area contributed by atoms with Crippen LogP contribution < -0.4 is 20.1 Å². The van der Waals surface area contributed by atoms with E-state index in [0.717, 1.165) is 17.7 Å². The summed E-state index contributed by atoms with van der Waals surface area (Å²) >= 11 is 7.90. The zero-order valence-corrected chi connectivity index (χ0v) is 19.5. The predicted octanol–water partition coefficient (Wildman–Crippen LogP) is 5.33. The lowest BCUT2D eigenvalue weighted by Gasteiger charge is -2.26. The summed E-state index contributed by atoms with van der Waals surface area (Å²) in [6.45, 7) is -0.253. The topological polar surface area (TPSA) is 76.7 Å². The highest BCUT2D eigenvalue weighted by Gasteiger charge is 2.23. The first-order chi connectivity index (χ1) is 16.0. The summed E-state index contributed by atoms with van der Waals surface area (Å²) in [7, 11) is 1.52. The Kier molecular flexibility index (Phi) is 7.42. The molecule has 33 heavy (non-hydrogen) atoms. The van der Waals surface area contributed by atoms with Crippen LogP contribution in [0.3, 0.4) is 0 Å². The number of amides is 2. The van der Waals surface area contributed by atoms with Crippen LogP contribution in [0.2, 0.25) is 5.02 Å². The van der Waals surface area contributed by atoms with Gasteiger partial charge in [0.2, 0.25) is 0 Å². The molecular weight excluding hydrogens is 460 g/mol. The number of benzene rings is 3. The molecule has 2 N–H and O–H groups in total. The predicted molar refractivity (Wildman–Crippen MR) is 131 cm³/mol. The fourth-order valence-corrected chi connectivity index (χ4v) is 4.98. The second-order valence-electron chi connectivity index (χ2n) is 7.38. The molecule has 1 aliphatic rings. The Morgan fingerprint density at radius 3 is 2.67 bits per heavy atom. The zero-order chi connectivity index (χ0) is 23.2. The number of carbonyl (C=O) groups is 2. The second kappa shape index (κ2) is 10.6. The Morgan fingerprint density at radius 1 is 1.06 bits per heavy atom. The fraction of sp³-hybridized carbons (Fsp3) is 0.200. The van der Waals surface area contributed by atoms with Gasteiger partial charge in [0.25, 0.3) is 11.8 Å². The highest BCUT2D eigenvalue weighted by molar-refractivity contribution is 7.99. The van der Waals surface area contributed by atoms with Crippen LogP contribution in [0.5, 0.6) is 11.5 Å². The molecule has 0 radical (unpaired) electrons. The molecule has 3 aromatic rings. The first-order valence-corrected chi connectivity index (χ1v) is 11.8. The number of nitrogens with one attached hydrogen (secondary N) is 2. The molecule has 0 saturated heterocycles. The lowest BCUT2D eigenvalue weighted by Crippen LogP contribution is -2.31. The Labute approximate surface area is 201 Å². The van der Waals surface area contributed by atoms with E-state index in [2.05, 4.69) is 16.7 Å². The number of carbonyl (C=O) groups excluding carboxylic acids is 2. The van der Waals surface area contributed by atoms with Gasteiger partial charge in [-0.1, -0.05) is 41.9 Å². The summed E-state index contributed by atoms with van der Waals surface area (Å²) < 4.78 is 10.8. The van der Waals surface area contributed by atoms with E-state index in [1.54, 1.807) is 54.2 Å². The number of para-hydroxylation sites is 1. The van der Waals surface area contributed by atoms with Crippen molar-refractivity contribution in [3.05, 3.63) is 82.9 Å². The molecular formula is C25H23ClN2O4S. The zero-order valence-electron chi connectivity index (χ0n) is 18.0. The van der Waals surface area contributed by atoms with E-state index in [0.29, 0.717) is 27.8 Å². The number of rotatable bonds is 7. The highest BCUT2D eigenvalue weighted by atomic mass is 35.5. The van der Waals surface area contributed by atoms with Gasteiger partial charge < -0.3 is 20.1 Å². The number of fused-ring (bicyclic) bond motifs is 1. The average molecular weight is 483 g/mol. The molecule has 0 spiro atoms. The number of thioether (sulfide) groups is 1. The molecule has 8 heteroatoms. The normalized spacial score (nSPS) is 14.7. The average Bonchev–Trinajstić information content (AvgIpc) is 2.83. The molecule has 0 aromatic heterocycles. The maximum absolute atomic E-state index is 13.1. The molecule has 0 aliphatic carbocycles. The van der Waals surface area contributed by atoms with E-state index in [1.807, 2.05) is 18.2 Å². The molecule has 1 aliphatic heterocycles. The van der Waals surface area contributed by atoms with Crippen molar-refractivity contribution >= 4 is 40.9 Å². The summed E-state index contributed by atoms with van der Waals surface area (Å²) in [5.74, 6) is 1.20. The number of halogens is 1. The number of anilines is 1. The quantitative estimate of drug-likeness (QED) is 0.475. The standard InChI is InChI=1S/C25H23ClN2O4S/c1-31-22-11-10-16(14-19(22)26)27-24(29)15-32-21-8-4-2-7-18(21)25(30)28-20-12-13-33-23-9-5-3-6-17(20)23/h2-11,14,20H,12-13,15H2,1H3,(H,27,29)(H,28,30)/t20-/m0/s1. The van der Waals surface area contributed by atoms with Gasteiger partial charge in [0.05, 0.1) is 23.7 Å². The van der Waals surface area contributed by atoms with Crippen LogP contribution in [-0.2, 0) is 4.79 Å². The van der Waals surface area contributed by atoms with Crippen LogP contribution in [0, 0.1) is 0 Å². The Balaban J connectivity index is 1.40. The van der Waals surface area contributed by atoms with Crippen LogP contribution >= 0.6 is 23.4 Å². The van der Waals surface area contributed by atoms with Gasteiger partial charge in [0.15, 0.2) is 6.61 Å². The van der Waals surface area contributed by atoms with Gasteiger partial charge in [0, 0.05) is 16.3 Å². The first-order valence-electron chi connectivity index (χ1n) is 10.4. The lowest BCUT2D eigenvalue weighted by atomic mass is 10.0. The molecule has 170 valence electrons. The van der Waals surface area contributed by atoms with Crippen molar-refractivity contribution in [2.45, 2.75) is 17.4 Å². The van der Waals surface area contributed by atoms with Crippen molar-refractivity contribution < 1.29 is 19.1 Å². The van der Waals surface area contributed by atoms with Gasteiger partial charge in [-0.25, -0.2) is 0 Å². The SMILES string of the molecule is COc1ccc(NC(=O)COc2ccccc2C(=O)N[C@H]2CCSc3ccccc32)cc1Cl. The Hall–Kier alpha value is -3.16. The maximum Gasteiger partial charge on any atom is 0.262 e. The van der Waals surface area contributed by atoms with E-state index in [1.165, 1.54) is 12.0 Å². The van der Waals surface area contributed by atoms with Crippen molar-refractivity contribution in [2.24, 2.45) is 0 Å². The van der Waals surface area contributed by atoms with Crippen LogP contribution in [0.15, 0.2) is 71.6 Å². The molecule has 1 atom stereocenters. The minimum Gasteiger partial charge on any atom is -0.495 e. The summed E-state index contributed by atoms with van der Waals surface area (Å²) in [5, 5.41) is 6.23. The van der Waals surface area contributed by atoms with Crippen molar-refractivity contribution in [2.75, 3.05) is 24.8 Å². The van der Waals surface area contributed by atoms with Crippen molar-refractivity contribution in [1.29, 1.82) is 0 Å². The van der Waals surface area contributed by atoms with Gasteiger partial charge in [-0.05, 0) is 48.4 Å². The lowest BCUT2D eigenvalue weighted by molar-refractivity contribution is -0.118. The van der Waals surface area contributed by atoms with E-state index in [-0.39, 0.29) is 24.5 Å². The van der Waals surface area contributed by atoms with Crippen LogP contribution in [-0.4, -0.2) is 31.3 Å². The van der Waals surface area contributed by atoms with E-state index in [4.69, 9.17) is 21.1 Å². The molecule has 2 amide bonds. The molecule has 0 saturated carbocycles. The second-order valence-corrected chi connectivity index (χ2v) is 8.93. The molecule has 0 fully saturated rings. The Bertz CT molecular complexity index is 1170. The van der Waals surface area contributed by atoms with E-state index >= 15 is 0 Å². The third-order valence-corrected chi connectivity index (χ3v) is 6.61. The smallest absolute Gasteiger partial charge is 0.262 e. The van der Waals surface area contributed by atoms with Gasteiger partial charge >= 0.3 is 0 Å². The fourth-order valence-electron chi connectivity index (χ4n) is 3.59. The molecule has 0 bridgehead atoms. The van der Waals surface area contributed by atoms with Crippen molar-refractivity contribution in [3.8, 4) is 11.5 Å². The van der Waals surface area contributed by atoms with Gasteiger partial charge in [-0.3, -0.25) is 9.59 Å². The summed E-state index contributed by atoms with van der Waals surface area (Å²) in [6, 6.07) is 19.9. The minimum atomic E-state index is -0.371. The van der Waals surface area contributed by atoms with Crippen molar-refractivity contribution in [3.63, 3.8) is 0 Å². The van der Waals surface area contributed by atoms with Crippen LogP contribution in [0.25, 0.3) is 0 Å². The highest BCUT2D eigenvalue weighted by Crippen LogP contribution is 2.36. The molecule has 0 unspecified atom stereocenters. The third kappa shape index (κ3) is 5.61. The monoisotopic (exact) mass is 482 g/mol. The summed E-state index contributed by atoms with van der Waals surface area (Å²) in [6.07, 6.45) is 0.850. The number of methoxy groups -OCH3 is 1. The minimum absolute atomic E-state index is 0.0638. The summed E-state index contributed by atoms with van der Waals surface area (Å²) in [5.41, 5.74) is 2.03. The van der Waals surface area contributed by atoms with Gasteiger partial charge in [-0.2, -0.15) is 0 Å². The van der Waals surface area contributed by atoms with Crippen LogP contribution in [0.1, 0.15) is 28.4 Å². The third-order valence-electron chi connectivity index (χ3n) is 5.19. The molecule has 6 nitrogen and oxygen atoms in total. The van der Waals surface area contributed by atoms with Gasteiger partial charge in [-0.15, -0.1) is 11.8 Å². The van der Waals surface area contributed by atoms with Gasteiger partial charge in [0.1, 0.15) is 11.5 Å². The Morgan fingerprint density at radius 2 is 1.85 bits per heavy atom. The largest absolute Gasteiger partial charge is 0.495 e. The van der Waals surface area contributed by atoms with Crippen LogP contribution in [0.4, 0.5) is 5.69 Å². The summed E-state index contributed by atoms with van der Waals surface area (Å²) in [4.78, 5) is 26.6. The molecule has 1 heterocycles. The maximum atomic E-state index is 13.1. The number of ether oxygens (including phenoxy) is 2. The molecule has 4 rings (SSSR count). The number of hydrogen-bond donors (Lipinski definition) is 2. The van der Waals surface area contributed by atoms with E-state index in [9.17, 15) is 9.59 Å². The molecule has 3 aromatic carbocycles. The van der Waals surface area contributed by atoms with E-state index < -0.39 is 0 Å².